The van der Waals surface area contributed by atoms with Crippen LogP contribution in [0, 0.1) is 6.92 Å². The number of hydrogen-bond acceptors (Lipinski definition) is 8. The van der Waals surface area contributed by atoms with Gasteiger partial charge in [0.05, 0.1) is 36.6 Å². The molecule has 1 amide bonds. The molecule has 0 fully saturated rings. The van der Waals surface area contributed by atoms with Gasteiger partial charge in [-0.15, -0.1) is 5.10 Å². The number of nitrogens with zero attached hydrogens (tertiary/aromatic N) is 4. The van der Waals surface area contributed by atoms with Crippen molar-refractivity contribution in [1.29, 1.82) is 0 Å². The number of likely N-dealkylation sites (N-methyl/N-ethyl adjacent to an activating group) is 1. The van der Waals surface area contributed by atoms with Crippen molar-refractivity contribution in [3.05, 3.63) is 77.2 Å². The van der Waals surface area contributed by atoms with Gasteiger partial charge in [0.1, 0.15) is 5.69 Å². The molecule has 0 saturated carbocycles. The summed E-state index contributed by atoms with van der Waals surface area (Å²) >= 11 is 0. The van der Waals surface area contributed by atoms with Crippen molar-refractivity contribution in [2.24, 2.45) is 0 Å². The first-order valence-corrected chi connectivity index (χ1v) is 15.3. The first-order chi connectivity index (χ1) is 19.8. The molecule has 0 aliphatic heterocycles. The zero-order valence-electron chi connectivity index (χ0n) is 24.9. The minimum atomic E-state index is -3.60. The van der Waals surface area contributed by atoms with Crippen molar-refractivity contribution in [1.82, 2.24) is 25.3 Å². The van der Waals surface area contributed by atoms with Crippen LogP contribution in [0.25, 0.3) is 16.9 Å². The van der Waals surface area contributed by atoms with Crippen LogP contribution in [-0.2, 0) is 21.9 Å². The Morgan fingerprint density at radius 3 is 2.43 bits per heavy atom. The summed E-state index contributed by atoms with van der Waals surface area (Å²) in [4.78, 5) is 18.0. The average Bonchev–Trinajstić information content (AvgIpc) is 3.41. The summed E-state index contributed by atoms with van der Waals surface area (Å²) in [5.74, 6) is -0.187. The van der Waals surface area contributed by atoms with E-state index >= 15 is 0 Å². The molecule has 222 valence electrons. The summed E-state index contributed by atoms with van der Waals surface area (Å²) in [6.45, 7) is 8.77. The monoisotopic (exact) mass is 591 g/mol. The summed E-state index contributed by atoms with van der Waals surface area (Å²) in [5, 5.41) is 14.6. The number of rotatable bonds is 10. The molecule has 12 heteroatoms. The number of ether oxygens (including phenoxy) is 1. The van der Waals surface area contributed by atoms with Gasteiger partial charge in [0.25, 0.3) is 5.91 Å². The van der Waals surface area contributed by atoms with Gasteiger partial charge in [-0.3, -0.25) is 14.5 Å². The Kier molecular flexibility index (Phi) is 8.97. The molecule has 42 heavy (non-hydrogen) atoms. The Labute approximate surface area is 246 Å². The highest BCUT2D eigenvalue weighted by molar-refractivity contribution is 7.92. The van der Waals surface area contributed by atoms with Crippen LogP contribution in [0.1, 0.15) is 48.0 Å². The van der Waals surface area contributed by atoms with Crippen LogP contribution >= 0.6 is 0 Å². The summed E-state index contributed by atoms with van der Waals surface area (Å²) in [7, 11) is -0.269. The number of amides is 1. The van der Waals surface area contributed by atoms with E-state index in [1.165, 1.54) is 7.11 Å². The van der Waals surface area contributed by atoms with E-state index < -0.39 is 15.9 Å². The Bertz CT molecular complexity index is 1690. The molecule has 0 saturated heterocycles. The lowest BCUT2D eigenvalue weighted by atomic mass is 9.86. The fourth-order valence-corrected chi connectivity index (χ4v) is 4.88. The SMILES string of the molecule is CNCCc1ccc(-c2cn(-c3cc(C(=O)Nc4cc(C(C)(C)C)cc(NS(C)(=O)=O)c4OC)ccc3C)nn2)cn1. The predicted octanol–water partition coefficient (Wildman–Crippen LogP) is 4.33. The molecule has 4 rings (SSSR count). The first kappa shape index (κ1) is 30.7. The highest BCUT2D eigenvalue weighted by Crippen LogP contribution is 2.39. The summed E-state index contributed by atoms with van der Waals surface area (Å²) in [6.07, 6.45) is 5.48. The van der Waals surface area contributed by atoms with E-state index in [4.69, 9.17) is 4.74 Å². The zero-order valence-corrected chi connectivity index (χ0v) is 25.8. The topological polar surface area (TPSA) is 140 Å². The fourth-order valence-electron chi connectivity index (χ4n) is 4.33. The maximum absolute atomic E-state index is 13.5. The average molecular weight is 592 g/mol. The van der Waals surface area contributed by atoms with Gasteiger partial charge >= 0.3 is 0 Å². The number of benzene rings is 2. The van der Waals surface area contributed by atoms with Crippen LogP contribution in [0.3, 0.4) is 0 Å². The van der Waals surface area contributed by atoms with E-state index in [0.29, 0.717) is 22.6 Å². The van der Waals surface area contributed by atoms with Crippen LogP contribution in [0.15, 0.2) is 54.9 Å². The second kappa shape index (κ2) is 12.3. The molecule has 3 N–H and O–H groups in total. The Hall–Kier alpha value is -4.29. The number of hydrogen-bond donors (Lipinski definition) is 3. The number of sulfonamides is 1. The van der Waals surface area contributed by atoms with Crippen molar-refractivity contribution in [2.45, 2.75) is 39.5 Å². The van der Waals surface area contributed by atoms with Crippen molar-refractivity contribution in [3.63, 3.8) is 0 Å². The van der Waals surface area contributed by atoms with Gasteiger partial charge in [-0.05, 0) is 66.9 Å². The smallest absolute Gasteiger partial charge is 0.255 e. The molecule has 11 nitrogen and oxygen atoms in total. The van der Waals surface area contributed by atoms with E-state index in [1.54, 1.807) is 41.3 Å². The number of anilines is 2. The molecule has 0 unspecified atom stereocenters. The lowest BCUT2D eigenvalue weighted by molar-refractivity contribution is 0.102. The van der Waals surface area contributed by atoms with Crippen LogP contribution in [0.4, 0.5) is 11.4 Å². The van der Waals surface area contributed by atoms with Gasteiger partial charge < -0.3 is 15.4 Å². The maximum Gasteiger partial charge on any atom is 0.255 e. The third kappa shape index (κ3) is 7.31. The van der Waals surface area contributed by atoms with Crippen molar-refractivity contribution in [2.75, 3.05) is 37.0 Å². The quantitative estimate of drug-likeness (QED) is 0.248. The van der Waals surface area contributed by atoms with Crippen LogP contribution in [0.5, 0.6) is 5.75 Å². The fraction of sp³-hybridized carbons (Fsp3) is 0.333. The van der Waals surface area contributed by atoms with E-state index in [-0.39, 0.29) is 16.9 Å². The number of aryl methyl sites for hydroxylation is 1. The van der Waals surface area contributed by atoms with Gasteiger partial charge in [0.15, 0.2) is 5.75 Å². The summed E-state index contributed by atoms with van der Waals surface area (Å²) in [6, 6.07) is 12.7. The minimum Gasteiger partial charge on any atom is -0.492 e. The molecule has 0 radical (unpaired) electrons. The van der Waals surface area contributed by atoms with Crippen molar-refractivity contribution < 1.29 is 17.9 Å². The predicted molar refractivity (Wildman–Crippen MR) is 165 cm³/mol. The van der Waals surface area contributed by atoms with Gasteiger partial charge in [0, 0.05) is 36.0 Å². The molecule has 0 spiro atoms. The number of methoxy groups -OCH3 is 1. The van der Waals surface area contributed by atoms with E-state index in [2.05, 4.69) is 30.7 Å². The van der Waals surface area contributed by atoms with E-state index in [9.17, 15) is 13.2 Å². The third-order valence-corrected chi connectivity index (χ3v) is 7.26. The summed E-state index contributed by atoms with van der Waals surface area (Å²) in [5.41, 5.74) is 5.52. The van der Waals surface area contributed by atoms with E-state index in [0.717, 1.165) is 41.6 Å². The van der Waals surface area contributed by atoms with Crippen LogP contribution in [0.2, 0.25) is 0 Å². The Morgan fingerprint density at radius 2 is 1.81 bits per heavy atom. The van der Waals surface area contributed by atoms with Gasteiger partial charge in [0.2, 0.25) is 10.0 Å². The molecule has 2 heterocycles. The molecule has 0 aliphatic carbocycles. The van der Waals surface area contributed by atoms with E-state index in [1.807, 2.05) is 52.9 Å². The standard InChI is InChI=1S/C30H37N7O4S/c1-19-8-9-20(14-27(19)37-18-26(34-36-37)21-10-11-23(32-17-21)12-13-31-5)29(38)33-24-15-22(30(2,3)4)16-25(28(24)41-6)35-42(7,39)40/h8-11,14-18,31,35H,12-13H2,1-7H3,(H,33,38). The lowest BCUT2D eigenvalue weighted by Gasteiger charge is -2.24. The van der Waals surface area contributed by atoms with Crippen molar-refractivity contribution in [3.8, 4) is 22.7 Å². The van der Waals surface area contributed by atoms with Crippen LogP contribution < -0.4 is 20.1 Å². The molecule has 0 bridgehead atoms. The number of nitrogens with one attached hydrogen (secondary N) is 3. The maximum atomic E-state index is 13.5. The largest absolute Gasteiger partial charge is 0.492 e. The normalized spacial score (nSPS) is 11.8. The molecule has 0 atom stereocenters. The second-order valence-corrected chi connectivity index (χ2v) is 12.9. The number of carbonyl (C=O) groups excluding carboxylic acids is 1. The molecule has 2 aromatic carbocycles. The summed E-state index contributed by atoms with van der Waals surface area (Å²) < 4.78 is 33.8. The highest BCUT2D eigenvalue weighted by Gasteiger charge is 2.23. The zero-order chi connectivity index (χ0) is 30.7. The highest BCUT2D eigenvalue weighted by atomic mass is 32.2. The van der Waals surface area contributed by atoms with Gasteiger partial charge in [-0.1, -0.05) is 32.1 Å². The molecule has 0 aliphatic rings. The Balaban J connectivity index is 1.64. The number of carbonyl (C=O) groups is 1. The van der Waals surface area contributed by atoms with Gasteiger partial charge in [-0.2, -0.15) is 0 Å². The minimum absolute atomic E-state index is 0.209. The lowest BCUT2D eigenvalue weighted by Crippen LogP contribution is -2.18. The third-order valence-electron chi connectivity index (χ3n) is 6.67. The van der Waals surface area contributed by atoms with Crippen LogP contribution in [-0.4, -0.2) is 61.3 Å². The van der Waals surface area contributed by atoms with Gasteiger partial charge in [-0.25, -0.2) is 13.1 Å². The molecular formula is C30H37N7O4S. The second-order valence-electron chi connectivity index (χ2n) is 11.1. The molecule has 2 aromatic heterocycles. The Morgan fingerprint density at radius 1 is 1.07 bits per heavy atom. The van der Waals surface area contributed by atoms with Crippen molar-refractivity contribution >= 4 is 27.3 Å². The molecular weight excluding hydrogens is 554 g/mol. The molecule has 4 aromatic rings. The number of aromatic nitrogens is 4. The first-order valence-electron chi connectivity index (χ1n) is 13.4. The number of pyridine rings is 1.